The molecule has 1 fully saturated rings. The maximum absolute atomic E-state index is 13.8. The molecule has 0 bridgehead atoms. The molecule has 0 saturated carbocycles. The van der Waals surface area contributed by atoms with Crippen LogP contribution in [0.5, 0.6) is 0 Å². The van der Waals surface area contributed by atoms with Crippen LogP contribution >= 0.6 is 11.3 Å². The second-order valence-electron chi connectivity index (χ2n) is 7.99. The molecule has 11 nitrogen and oxygen atoms in total. The highest BCUT2D eigenvalue weighted by Gasteiger charge is 2.18. The number of rotatable bonds is 7. The average molecular weight is 511 g/mol. The van der Waals surface area contributed by atoms with Gasteiger partial charge in [0.1, 0.15) is 5.82 Å². The number of halogens is 1. The first-order valence-electron chi connectivity index (χ1n) is 11.3. The third-order valence-electron chi connectivity index (χ3n) is 5.59. The summed E-state index contributed by atoms with van der Waals surface area (Å²) in [5, 5.41) is 15.7. The number of nitrogens with zero attached hydrogens (tertiary/aromatic N) is 4. The third kappa shape index (κ3) is 5.48. The monoisotopic (exact) mass is 510 g/mol. The fourth-order valence-corrected chi connectivity index (χ4v) is 4.53. The molecule has 4 aromatic rings. The van der Waals surface area contributed by atoms with E-state index in [2.05, 4.69) is 41.0 Å². The SMILES string of the molecule is O=C(Nc1ncc(-c2cc(C(=O)NCCN3CCOCC3)c3cn[nH]c3n2)s1)Nc1ccccc1F. The van der Waals surface area contributed by atoms with Crippen LogP contribution in [0.25, 0.3) is 21.6 Å². The van der Waals surface area contributed by atoms with Gasteiger partial charge in [-0.3, -0.25) is 20.1 Å². The van der Waals surface area contributed by atoms with Gasteiger partial charge in [-0.2, -0.15) is 5.10 Å². The summed E-state index contributed by atoms with van der Waals surface area (Å²) < 4.78 is 19.1. The molecule has 0 spiro atoms. The quantitative estimate of drug-likeness (QED) is 0.300. The Bertz CT molecular complexity index is 1380. The number of anilines is 2. The van der Waals surface area contributed by atoms with Crippen LogP contribution in [-0.2, 0) is 4.74 Å². The van der Waals surface area contributed by atoms with Crippen molar-refractivity contribution in [3.05, 3.63) is 54.1 Å². The van der Waals surface area contributed by atoms with E-state index in [-0.39, 0.29) is 11.6 Å². The summed E-state index contributed by atoms with van der Waals surface area (Å²) in [7, 11) is 0. The number of amides is 3. The number of carbonyl (C=O) groups excluding carboxylic acids is 2. The number of pyridine rings is 1. The Morgan fingerprint density at radius 1 is 1.17 bits per heavy atom. The van der Waals surface area contributed by atoms with Gasteiger partial charge in [-0.25, -0.2) is 19.2 Å². The number of fused-ring (bicyclic) bond motifs is 1. The average Bonchev–Trinajstić information content (AvgIpc) is 3.55. The zero-order valence-corrected chi connectivity index (χ0v) is 19.9. The van der Waals surface area contributed by atoms with Crippen molar-refractivity contribution in [2.24, 2.45) is 0 Å². The van der Waals surface area contributed by atoms with Crippen LogP contribution in [0.1, 0.15) is 10.4 Å². The maximum Gasteiger partial charge on any atom is 0.325 e. The highest BCUT2D eigenvalue weighted by atomic mass is 32.1. The van der Waals surface area contributed by atoms with Crippen molar-refractivity contribution in [3.8, 4) is 10.6 Å². The third-order valence-corrected chi connectivity index (χ3v) is 6.52. The van der Waals surface area contributed by atoms with Gasteiger partial charge in [0.15, 0.2) is 10.8 Å². The van der Waals surface area contributed by atoms with E-state index in [0.717, 1.165) is 19.6 Å². The lowest BCUT2D eigenvalue weighted by molar-refractivity contribution is 0.0383. The predicted octanol–water partition coefficient (Wildman–Crippen LogP) is 2.93. The van der Waals surface area contributed by atoms with Crippen molar-refractivity contribution in [3.63, 3.8) is 0 Å². The van der Waals surface area contributed by atoms with Crippen LogP contribution in [-0.4, -0.2) is 76.4 Å². The van der Waals surface area contributed by atoms with Gasteiger partial charge in [-0.05, 0) is 18.2 Å². The minimum atomic E-state index is -0.627. The molecular weight excluding hydrogens is 487 g/mol. The zero-order valence-electron chi connectivity index (χ0n) is 19.1. The Kier molecular flexibility index (Phi) is 7.11. The Balaban J connectivity index is 1.28. The Morgan fingerprint density at radius 2 is 2.00 bits per heavy atom. The van der Waals surface area contributed by atoms with Gasteiger partial charge in [0.05, 0.1) is 46.6 Å². The first-order valence-corrected chi connectivity index (χ1v) is 12.1. The summed E-state index contributed by atoms with van der Waals surface area (Å²) in [4.78, 5) is 36.9. The van der Waals surface area contributed by atoms with Gasteiger partial charge < -0.3 is 15.4 Å². The normalized spacial score (nSPS) is 14.0. The predicted molar refractivity (Wildman–Crippen MR) is 134 cm³/mol. The summed E-state index contributed by atoms with van der Waals surface area (Å²) in [6, 6.07) is 6.92. The topological polar surface area (TPSA) is 137 Å². The Morgan fingerprint density at radius 3 is 2.83 bits per heavy atom. The number of thiazole rings is 1. The van der Waals surface area contributed by atoms with Gasteiger partial charge >= 0.3 is 6.03 Å². The van der Waals surface area contributed by atoms with Crippen LogP contribution < -0.4 is 16.0 Å². The lowest BCUT2D eigenvalue weighted by Crippen LogP contribution is -2.41. The Hall–Kier alpha value is -3.94. The molecule has 0 radical (unpaired) electrons. The summed E-state index contributed by atoms with van der Waals surface area (Å²) in [5.41, 5.74) is 1.46. The van der Waals surface area contributed by atoms with Crippen molar-refractivity contribution in [2.45, 2.75) is 0 Å². The van der Waals surface area contributed by atoms with Gasteiger partial charge in [0.2, 0.25) is 0 Å². The molecule has 4 heterocycles. The van der Waals surface area contributed by atoms with Gasteiger partial charge in [-0.1, -0.05) is 23.5 Å². The largest absolute Gasteiger partial charge is 0.379 e. The number of hydrogen-bond donors (Lipinski definition) is 4. The van der Waals surface area contributed by atoms with Crippen LogP contribution in [0, 0.1) is 5.82 Å². The number of aromatic amines is 1. The van der Waals surface area contributed by atoms with Crippen LogP contribution in [0.2, 0.25) is 0 Å². The van der Waals surface area contributed by atoms with E-state index in [1.807, 2.05) is 0 Å². The highest BCUT2D eigenvalue weighted by molar-refractivity contribution is 7.19. The second kappa shape index (κ2) is 10.8. The lowest BCUT2D eigenvalue weighted by Gasteiger charge is -2.26. The molecule has 36 heavy (non-hydrogen) atoms. The first kappa shape index (κ1) is 23.8. The summed E-state index contributed by atoms with van der Waals surface area (Å²) in [5.74, 6) is -0.772. The van der Waals surface area contributed by atoms with Crippen molar-refractivity contribution < 1.29 is 18.7 Å². The van der Waals surface area contributed by atoms with Crippen molar-refractivity contribution in [1.29, 1.82) is 0 Å². The molecule has 0 atom stereocenters. The molecule has 3 amide bonds. The minimum Gasteiger partial charge on any atom is -0.379 e. The molecule has 1 saturated heterocycles. The fraction of sp³-hybridized carbons (Fsp3) is 0.261. The van der Waals surface area contributed by atoms with Gasteiger partial charge in [0, 0.05) is 32.4 Å². The molecule has 0 aliphatic carbocycles. The number of H-pyrrole nitrogens is 1. The van der Waals surface area contributed by atoms with E-state index in [0.29, 0.717) is 52.1 Å². The molecule has 1 aliphatic rings. The molecule has 0 unspecified atom stereocenters. The minimum absolute atomic E-state index is 0.0578. The van der Waals surface area contributed by atoms with E-state index in [1.165, 1.54) is 29.5 Å². The van der Waals surface area contributed by atoms with E-state index in [9.17, 15) is 14.0 Å². The molecule has 1 aromatic carbocycles. The number of morpholine rings is 1. The van der Waals surface area contributed by atoms with Crippen molar-refractivity contribution in [2.75, 3.05) is 50.0 Å². The van der Waals surface area contributed by atoms with Gasteiger partial charge in [-0.15, -0.1) is 0 Å². The lowest BCUT2D eigenvalue weighted by atomic mass is 10.1. The number of benzene rings is 1. The fourth-order valence-electron chi connectivity index (χ4n) is 3.75. The summed E-state index contributed by atoms with van der Waals surface area (Å²) >= 11 is 1.17. The van der Waals surface area contributed by atoms with Crippen LogP contribution in [0.15, 0.2) is 42.7 Å². The van der Waals surface area contributed by atoms with Crippen molar-refractivity contribution in [1.82, 2.24) is 30.4 Å². The number of ether oxygens (including phenoxy) is 1. The smallest absolute Gasteiger partial charge is 0.325 e. The molecule has 13 heteroatoms. The molecule has 4 N–H and O–H groups in total. The van der Waals surface area contributed by atoms with E-state index in [1.54, 1.807) is 24.5 Å². The van der Waals surface area contributed by atoms with E-state index >= 15 is 0 Å². The second-order valence-corrected chi connectivity index (χ2v) is 9.02. The number of carbonyl (C=O) groups is 2. The number of aromatic nitrogens is 4. The number of urea groups is 1. The van der Waals surface area contributed by atoms with E-state index < -0.39 is 11.8 Å². The van der Waals surface area contributed by atoms with Gasteiger partial charge in [0.25, 0.3) is 5.91 Å². The summed E-state index contributed by atoms with van der Waals surface area (Å²) in [6.07, 6.45) is 3.11. The molecule has 186 valence electrons. The Labute approximate surface area is 209 Å². The number of hydrogen-bond acceptors (Lipinski definition) is 8. The summed E-state index contributed by atoms with van der Waals surface area (Å²) in [6.45, 7) is 4.34. The van der Waals surface area contributed by atoms with E-state index in [4.69, 9.17) is 4.74 Å². The van der Waals surface area contributed by atoms with Crippen LogP contribution in [0.4, 0.5) is 20.0 Å². The molecule has 5 rings (SSSR count). The number of para-hydroxylation sites is 1. The van der Waals surface area contributed by atoms with Crippen molar-refractivity contribution >= 4 is 45.1 Å². The molecule has 1 aliphatic heterocycles. The molecular formula is C23H23FN8O3S. The zero-order chi connectivity index (χ0) is 24.9. The standard InChI is InChI=1S/C23H23FN8O3S/c24-16-3-1-2-4-17(16)29-22(34)30-23-26-13-19(36-23)18-11-14(15-12-27-31-20(15)28-18)21(33)25-5-6-32-7-9-35-10-8-32/h1-4,11-13H,5-10H2,(H,25,33)(H,27,28,31)(H2,26,29,30,34). The first-order chi connectivity index (χ1) is 17.6. The van der Waals surface area contributed by atoms with Crippen LogP contribution in [0.3, 0.4) is 0 Å². The molecule has 3 aromatic heterocycles. The highest BCUT2D eigenvalue weighted by Crippen LogP contribution is 2.30. The maximum atomic E-state index is 13.8. The number of nitrogens with one attached hydrogen (secondary N) is 4.